The molecule has 0 spiro atoms. The predicted molar refractivity (Wildman–Crippen MR) is 83.0 cm³/mol. The number of anilines is 1. The third-order valence-corrected chi connectivity index (χ3v) is 4.18. The fourth-order valence-corrected chi connectivity index (χ4v) is 2.99. The van der Waals surface area contributed by atoms with Crippen molar-refractivity contribution in [3.63, 3.8) is 0 Å². The van der Waals surface area contributed by atoms with Crippen LogP contribution < -0.4 is 11.1 Å². The highest BCUT2D eigenvalue weighted by Gasteiger charge is 2.29. The minimum absolute atomic E-state index is 0.0275. The summed E-state index contributed by atoms with van der Waals surface area (Å²) in [6.07, 6.45) is 1.06. The molecule has 1 aromatic rings. The van der Waals surface area contributed by atoms with Crippen LogP contribution in [-0.4, -0.2) is 36.5 Å². The van der Waals surface area contributed by atoms with E-state index in [1.807, 2.05) is 25.1 Å². The van der Waals surface area contributed by atoms with Gasteiger partial charge in [0.05, 0.1) is 17.3 Å². The normalized spacial score (nSPS) is 23.0. The Bertz CT molecular complexity index is 492. The maximum Gasteiger partial charge on any atom is 0.238 e. The first-order valence-corrected chi connectivity index (χ1v) is 7.37. The number of amides is 1. The Morgan fingerprint density at radius 2 is 2.30 bits per heavy atom. The van der Waals surface area contributed by atoms with Crippen molar-refractivity contribution in [2.24, 2.45) is 11.7 Å². The molecule has 0 aliphatic carbocycles. The third-order valence-electron chi connectivity index (χ3n) is 3.87. The predicted octanol–water partition coefficient (Wildman–Crippen LogP) is 2.26. The number of hydrogen-bond donors (Lipinski definition) is 2. The number of likely N-dealkylation sites (tertiary alicyclic amines) is 1. The zero-order valence-electron chi connectivity index (χ0n) is 12.0. The summed E-state index contributed by atoms with van der Waals surface area (Å²) in [5.41, 5.74) is 7.45. The lowest BCUT2D eigenvalue weighted by atomic mass is 10.1. The van der Waals surface area contributed by atoms with Gasteiger partial charge < -0.3 is 11.1 Å². The summed E-state index contributed by atoms with van der Waals surface area (Å²) in [5, 5.41) is 3.45. The molecule has 2 atom stereocenters. The van der Waals surface area contributed by atoms with E-state index in [9.17, 15) is 4.79 Å². The van der Waals surface area contributed by atoms with Gasteiger partial charge in [-0.25, -0.2) is 0 Å². The molecule has 1 saturated heterocycles. The van der Waals surface area contributed by atoms with Gasteiger partial charge in [0.15, 0.2) is 0 Å². The summed E-state index contributed by atoms with van der Waals surface area (Å²) < 4.78 is 0. The first-order valence-electron chi connectivity index (χ1n) is 6.99. The van der Waals surface area contributed by atoms with E-state index >= 15 is 0 Å². The Morgan fingerprint density at radius 1 is 1.55 bits per heavy atom. The van der Waals surface area contributed by atoms with E-state index in [0.717, 1.165) is 18.5 Å². The second-order valence-corrected chi connectivity index (χ2v) is 6.05. The summed E-state index contributed by atoms with van der Waals surface area (Å²) in [6.45, 7) is 6.08. The fourth-order valence-electron chi connectivity index (χ4n) is 2.70. The van der Waals surface area contributed by atoms with E-state index in [-0.39, 0.29) is 5.91 Å². The summed E-state index contributed by atoms with van der Waals surface area (Å²) in [5.74, 6) is 0.473. The molecular weight excluding hydrogens is 274 g/mol. The van der Waals surface area contributed by atoms with Gasteiger partial charge >= 0.3 is 0 Å². The van der Waals surface area contributed by atoms with Gasteiger partial charge in [0.25, 0.3) is 0 Å². The average Bonchev–Trinajstić information content (AvgIpc) is 2.74. The van der Waals surface area contributed by atoms with Crippen LogP contribution in [0.1, 0.15) is 18.9 Å². The molecule has 1 aliphatic heterocycles. The zero-order valence-corrected chi connectivity index (χ0v) is 12.8. The van der Waals surface area contributed by atoms with Crippen LogP contribution >= 0.6 is 11.6 Å². The van der Waals surface area contributed by atoms with Gasteiger partial charge in [0.1, 0.15) is 0 Å². The molecule has 1 fully saturated rings. The van der Waals surface area contributed by atoms with Crippen LogP contribution in [0, 0.1) is 12.8 Å². The van der Waals surface area contributed by atoms with E-state index in [2.05, 4.69) is 17.1 Å². The largest absolute Gasteiger partial charge is 0.330 e. The number of rotatable bonds is 4. The van der Waals surface area contributed by atoms with Crippen molar-refractivity contribution in [1.29, 1.82) is 0 Å². The van der Waals surface area contributed by atoms with Crippen molar-refractivity contribution in [1.82, 2.24) is 4.90 Å². The van der Waals surface area contributed by atoms with E-state index in [1.54, 1.807) is 0 Å². The van der Waals surface area contributed by atoms with E-state index < -0.39 is 0 Å². The molecule has 110 valence electrons. The Hall–Kier alpha value is -1.10. The molecule has 0 aromatic heterocycles. The standard InChI is InChI=1S/C15H22ClN3O/c1-10-3-4-14(13(16)5-10)18-15(20)9-19-8-12(7-17)6-11(19)2/h3-5,11-12H,6-9,17H2,1-2H3,(H,18,20). The first kappa shape index (κ1) is 15.3. The van der Waals surface area contributed by atoms with Crippen molar-refractivity contribution in [2.75, 3.05) is 25.0 Å². The number of nitrogens with two attached hydrogens (primary N) is 1. The van der Waals surface area contributed by atoms with Crippen LogP contribution in [0.25, 0.3) is 0 Å². The molecule has 1 aromatic carbocycles. The van der Waals surface area contributed by atoms with Crippen molar-refractivity contribution < 1.29 is 4.79 Å². The number of nitrogens with one attached hydrogen (secondary N) is 1. The second-order valence-electron chi connectivity index (χ2n) is 5.65. The zero-order chi connectivity index (χ0) is 14.7. The quantitative estimate of drug-likeness (QED) is 0.896. The molecule has 2 unspecified atom stereocenters. The molecule has 1 amide bonds. The number of carbonyl (C=O) groups is 1. The highest BCUT2D eigenvalue weighted by atomic mass is 35.5. The van der Waals surface area contributed by atoms with Crippen molar-refractivity contribution in [3.05, 3.63) is 28.8 Å². The van der Waals surface area contributed by atoms with Gasteiger partial charge in [-0.15, -0.1) is 0 Å². The molecule has 1 aliphatic rings. The number of nitrogens with zero attached hydrogens (tertiary/aromatic N) is 1. The second kappa shape index (κ2) is 6.57. The lowest BCUT2D eigenvalue weighted by Crippen LogP contribution is -2.36. The average molecular weight is 296 g/mol. The molecule has 0 radical (unpaired) electrons. The summed E-state index contributed by atoms with van der Waals surface area (Å²) in [6, 6.07) is 6.03. The van der Waals surface area contributed by atoms with Crippen LogP contribution in [0.15, 0.2) is 18.2 Å². The Balaban J connectivity index is 1.92. The van der Waals surface area contributed by atoms with Gasteiger partial charge in [-0.05, 0) is 50.4 Å². The molecule has 20 heavy (non-hydrogen) atoms. The maximum absolute atomic E-state index is 12.1. The number of carbonyl (C=O) groups excluding carboxylic acids is 1. The number of benzene rings is 1. The number of halogens is 1. The Morgan fingerprint density at radius 3 is 2.90 bits per heavy atom. The number of aryl methyl sites for hydroxylation is 1. The van der Waals surface area contributed by atoms with Crippen molar-refractivity contribution in [2.45, 2.75) is 26.3 Å². The van der Waals surface area contributed by atoms with Crippen LogP contribution in [0.2, 0.25) is 5.02 Å². The monoisotopic (exact) mass is 295 g/mol. The van der Waals surface area contributed by atoms with Gasteiger partial charge in [0.2, 0.25) is 5.91 Å². The van der Waals surface area contributed by atoms with Crippen LogP contribution in [0.5, 0.6) is 0 Å². The fraction of sp³-hybridized carbons (Fsp3) is 0.533. The van der Waals surface area contributed by atoms with E-state index in [0.29, 0.717) is 35.8 Å². The molecule has 0 bridgehead atoms. The molecule has 2 rings (SSSR count). The van der Waals surface area contributed by atoms with E-state index in [1.165, 1.54) is 0 Å². The molecular formula is C15H22ClN3O. The van der Waals surface area contributed by atoms with Gasteiger partial charge in [-0.3, -0.25) is 9.69 Å². The van der Waals surface area contributed by atoms with Gasteiger partial charge in [-0.1, -0.05) is 17.7 Å². The lowest BCUT2D eigenvalue weighted by Gasteiger charge is -2.20. The van der Waals surface area contributed by atoms with Crippen molar-refractivity contribution in [3.8, 4) is 0 Å². The smallest absolute Gasteiger partial charge is 0.238 e. The molecule has 3 N–H and O–H groups in total. The molecule has 0 saturated carbocycles. The Labute approximate surface area is 125 Å². The SMILES string of the molecule is Cc1ccc(NC(=O)CN2CC(CN)CC2C)c(Cl)c1. The highest BCUT2D eigenvalue weighted by molar-refractivity contribution is 6.33. The minimum Gasteiger partial charge on any atom is -0.330 e. The molecule has 1 heterocycles. The van der Waals surface area contributed by atoms with Crippen LogP contribution in [-0.2, 0) is 4.79 Å². The third kappa shape index (κ3) is 3.72. The first-order chi connectivity index (χ1) is 9.49. The van der Waals surface area contributed by atoms with Gasteiger partial charge in [-0.2, -0.15) is 0 Å². The number of hydrogen-bond acceptors (Lipinski definition) is 3. The Kier molecular flexibility index (Phi) is 5.02. The summed E-state index contributed by atoms with van der Waals surface area (Å²) >= 11 is 6.12. The summed E-state index contributed by atoms with van der Waals surface area (Å²) in [7, 11) is 0. The van der Waals surface area contributed by atoms with Crippen LogP contribution in [0.4, 0.5) is 5.69 Å². The highest BCUT2D eigenvalue weighted by Crippen LogP contribution is 2.24. The maximum atomic E-state index is 12.1. The van der Waals surface area contributed by atoms with Gasteiger partial charge in [0, 0.05) is 12.6 Å². The summed E-state index contributed by atoms with van der Waals surface area (Å²) in [4.78, 5) is 14.3. The van der Waals surface area contributed by atoms with E-state index in [4.69, 9.17) is 17.3 Å². The topological polar surface area (TPSA) is 58.4 Å². The lowest BCUT2D eigenvalue weighted by molar-refractivity contribution is -0.117. The van der Waals surface area contributed by atoms with Crippen molar-refractivity contribution >= 4 is 23.2 Å². The van der Waals surface area contributed by atoms with Crippen LogP contribution in [0.3, 0.4) is 0 Å². The molecule has 5 heteroatoms. The molecule has 4 nitrogen and oxygen atoms in total. The minimum atomic E-state index is -0.0275.